The van der Waals surface area contributed by atoms with E-state index >= 15 is 0 Å². The number of carbonyl (C=O) groups is 1. The van der Waals surface area contributed by atoms with Gasteiger partial charge < -0.3 is 14.2 Å². The Morgan fingerprint density at radius 1 is 1.25 bits per heavy atom. The number of amides is 1. The number of nitrogens with one attached hydrogen (secondary N) is 1. The fraction of sp³-hybridized carbons (Fsp3) is 0.429. The summed E-state index contributed by atoms with van der Waals surface area (Å²) in [6, 6.07) is 5.60. The zero-order chi connectivity index (χ0) is 14.5. The van der Waals surface area contributed by atoms with Gasteiger partial charge in [0.25, 0.3) is 11.1 Å². The first kappa shape index (κ1) is 14.6. The lowest BCUT2D eigenvalue weighted by atomic mass is 10.1. The predicted octanol–water partition coefficient (Wildman–Crippen LogP) is 1.83. The van der Waals surface area contributed by atoms with E-state index in [1.165, 1.54) is 0 Å². The largest absolute Gasteiger partial charge is 0.490 e. The van der Waals surface area contributed by atoms with Gasteiger partial charge in [0.2, 0.25) is 0 Å². The third kappa shape index (κ3) is 3.39. The van der Waals surface area contributed by atoms with E-state index in [4.69, 9.17) is 26.4 Å². The third-order valence-electron chi connectivity index (χ3n) is 2.80. The van der Waals surface area contributed by atoms with Gasteiger partial charge in [-0.05, 0) is 43.8 Å². The van der Waals surface area contributed by atoms with Gasteiger partial charge in [0.1, 0.15) is 0 Å². The summed E-state index contributed by atoms with van der Waals surface area (Å²) in [7, 11) is 0. The van der Waals surface area contributed by atoms with Crippen molar-refractivity contribution < 1.29 is 19.0 Å². The molecule has 1 aromatic rings. The van der Waals surface area contributed by atoms with Crippen molar-refractivity contribution >= 4 is 23.3 Å². The van der Waals surface area contributed by atoms with Gasteiger partial charge in [-0.25, -0.2) is 0 Å². The Morgan fingerprint density at radius 2 is 1.95 bits per heavy atom. The fourth-order valence-corrected chi connectivity index (χ4v) is 2.18. The smallest absolute Gasteiger partial charge is 0.268 e. The molecule has 6 heteroatoms. The van der Waals surface area contributed by atoms with E-state index in [0.29, 0.717) is 31.1 Å². The van der Waals surface area contributed by atoms with Crippen molar-refractivity contribution in [3.8, 4) is 11.5 Å². The molecular formula is C14H17NO4S. The highest BCUT2D eigenvalue weighted by atomic mass is 32.1. The van der Waals surface area contributed by atoms with Gasteiger partial charge in [0.15, 0.2) is 17.6 Å². The second-order valence-electron chi connectivity index (χ2n) is 4.23. The van der Waals surface area contributed by atoms with E-state index in [-0.39, 0.29) is 11.1 Å². The first-order valence-corrected chi connectivity index (χ1v) is 6.94. The van der Waals surface area contributed by atoms with E-state index in [1.54, 1.807) is 0 Å². The van der Waals surface area contributed by atoms with Crippen molar-refractivity contribution in [2.45, 2.75) is 26.4 Å². The molecule has 1 heterocycles. The first-order chi connectivity index (χ1) is 9.63. The monoisotopic (exact) mass is 295 g/mol. The van der Waals surface area contributed by atoms with Crippen LogP contribution in [0.2, 0.25) is 0 Å². The summed E-state index contributed by atoms with van der Waals surface area (Å²) in [5, 5.41) is 2.61. The first-order valence-electron chi connectivity index (χ1n) is 6.54. The number of thiocarbonyl (C=S) groups is 1. The van der Waals surface area contributed by atoms with E-state index in [9.17, 15) is 4.79 Å². The standard InChI is InChI=1S/C14H17NO4S/c1-3-17-10-6-5-9(7-11(10)18-4-2)8-12-13(16)15-14(20)19-12/h5-7,12H,3-4,8H2,1-2H3,(H,15,16,20). The Bertz CT molecular complexity index is 518. The second-order valence-corrected chi connectivity index (χ2v) is 4.61. The SMILES string of the molecule is CCOc1ccc(CC2OC(=S)NC2=O)cc1OCC. The Balaban J connectivity index is 2.14. The number of ether oxygens (including phenoxy) is 3. The zero-order valence-corrected chi connectivity index (χ0v) is 12.3. The Kier molecular flexibility index (Phi) is 4.79. The third-order valence-corrected chi connectivity index (χ3v) is 2.99. The van der Waals surface area contributed by atoms with Crippen LogP contribution in [0, 0.1) is 0 Å². The molecule has 5 nitrogen and oxygen atoms in total. The quantitative estimate of drug-likeness (QED) is 0.811. The molecule has 1 atom stereocenters. The number of hydrogen-bond acceptors (Lipinski definition) is 5. The van der Waals surface area contributed by atoms with Crippen molar-refractivity contribution in [1.82, 2.24) is 5.32 Å². The lowest BCUT2D eigenvalue weighted by Gasteiger charge is -2.13. The van der Waals surface area contributed by atoms with Crippen molar-refractivity contribution in [1.29, 1.82) is 0 Å². The van der Waals surface area contributed by atoms with Gasteiger partial charge in [-0.3, -0.25) is 10.1 Å². The maximum Gasteiger partial charge on any atom is 0.268 e. The molecule has 1 aliphatic heterocycles. The van der Waals surface area contributed by atoms with E-state index in [0.717, 1.165) is 5.56 Å². The molecule has 0 saturated carbocycles. The van der Waals surface area contributed by atoms with Crippen LogP contribution < -0.4 is 14.8 Å². The summed E-state index contributed by atoms with van der Waals surface area (Å²) in [5.41, 5.74) is 0.932. The van der Waals surface area contributed by atoms with Crippen LogP contribution in [0.1, 0.15) is 19.4 Å². The van der Waals surface area contributed by atoms with Crippen molar-refractivity contribution in [2.24, 2.45) is 0 Å². The highest BCUT2D eigenvalue weighted by Gasteiger charge is 2.29. The van der Waals surface area contributed by atoms with Gasteiger partial charge in [-0.1, -0.05) is 6.07 Å². The molecule has 108 valence electrons. The summed E-state index contributed by atoms with van der Waals surface area (Å²) in [6.07, 6.45) is -0.131. The molecule has 0 aliphatic carbocycles. The number of benzene rings is 1. The Morgan fingerprint density at radius 3 is 2.55 bits per heavy atom. The molecule has 0 radical (unpaired) electrons. The van der Waals surface area contributed by atoms with Crippen LogP contribution in [0.3, 0.4) is 0 Å². The average Bonchev–Trinajstić information content (AvgIpc) is 2.71. The Labute approximate surface area is 123 Å². The summed E-state index contributed by atoms with van der Waals surface area (Å²) >= 11 is 4.81. The van der Waals surface area contributed by atoms with Crippen LogP contribution in [-0.4, -0.2) is 30.4 Å². The minimum Gasteiger partial charge on any atom is -0.490 e. The van der Waals surface area contributed by atoms with Crippen molar-refractivity contribution in [3.05, 3.63) is 23.8 Å². The van der Waals surface area contributed by atoms with Crippen molar-refractivity contribution in [3.63, 3.8) is 0 Å². The van der Waals surface area contributed by atoms with Crippen LogP contribution in [0.25, 0.3) is 0 Å². The van der Waals surface area contributed by atoms with Gasteiger partial charge in [0.05, 0.1) is 13.2 Å². The molecule has 0 spiro atoms. The van der Waals surface area contributed by atoms with E-state index < -0.39 is 6.10 Å². The van der Waals surface area contributed by atoms with Crippen LogP contribution in [0.5, 0.6) is 11.5 Å². The maximum absolute atomic E-state index is 11.6. The van der Waals surface area contributed by atoms with Crippen LogP contribution in [-0.2, 0) is 16.0 Å². The van der Waals surface area contributed by atoms with Gasteiger partial charge >= 0.3 is 0 Å². The van der Waals surface area contributed by atoms with Gasteiger partial charge in [-0.2, -0.15) is 0 Å². The minimum atomic E-state index is -0.574. The maximum atomic E-state index is 11.6. The fourth-order valence-electron chi connectivity index (χ4n) is 1.96. The van der Waals surface area contributed by atoms with E-state index in [1.807, 2.05) is 32.0 Å². The van der Waals surface area contributed by atoms with Gasteiger partial charge in [-0.15, -0.1) is 0 Å². The van der Waals surface area contributed by atoms with E-state index in [2.05, 4.69) is 5.32 Å². The number of hydrogen-bond donors (Lipinski definition) is 1. The summed E-state index contributed by atoms with van der Waals surface area (Å²) in [5.74, 6) is 1.17. The van der Waals surface area contributed by atoms with Gasteiger partial charge in [0, 0.05) is 6.42 Å². The van der Waals surface area contributed by atoms with Crippen LogP contribution in [0.15, 0.2) is 18.2 Å². The summed E-state index contributed by atoms with van der Waals surface area (Å²) in [6.45, 7) is 4.95. The molecule has 1 unspecified atom stereocenters. The molecule has 1 fully saturated rings. The molecule has 0 aromatic heterocycles. The second kappa shape index (κ2) is 6.56. The molecule has 1 aliphatic rings. The number of rotatable bonds is 6. The molecule has 1 amide bonds. The topological polar surface area (TPSA) is 56.8 Å². The minimum absolute atomic E-state index is 0.135. The van der Waals surface area contributed by atoms with Crippen LogP contribution >= 0.6 is 12.2 Å². The lowest BCUT2D eigenvalue weighted by Crippen LogP contribution is -2.25. The molecule has 0 bridgehead atoms. The highest BCUT2D eigenvalue weighted by Crippen LogP contribution is 2.29. The average molecular weight is 295 g/mol. The summed E-state index contributed by atoms with van der Waals surface area (Å²) in [4.78, 5) is 11.6. The lowest BCUT2D eigenvalue weighted by molar-refractivity contribution is -0.123. The molecule has 1 saturated heterocycles. The summed E-state index contributed by atoms with van der Waals surface area (Å²) < 4.78 is 16.3. The molecular weight excluding hydrogens is 278 g/mol. The molecule has 1 aromatic carbocycles. The molecule has 1 N–H and O–H groups in total. The number of carbonyl (C=O) groups excluding carboxylic acids is 1. The van der Waals surface area contributed by atoms with Crippen LogP contribution in [0.4, 0.5) is 0 Å². The predicted molar refractivity (Wildman–Crippen MR) is 78.1 cm³/mol. The molecule has 20 heavy (non-hydrogen) atoms. The van der Waals surface area contributed by atoms with Crippen molar-refractivity contribution in [2.75, 3.05) is 13.2 Å². The zero-order valence-electron chi connectivity index (χ0n) is 11.5. The normalized spacial score (nSPS) is 17.6. The molecule has 2 rings (SSSR count). The Hall–Kier alpha value is -1.82. The highest BCUT2D eigenvalue weighted by molar-refractivity contribution is 7.80.